The molecule has 10 nitrogen and oxygen atoms in total. The van der Waals surface area contributed by atoms with E-state index in [1.807, 2.05) is 11.0 Å². The fourth-order valence-corrected chi connectivity index (χ4v) is 4.47. The molecule has 2 saturated heterocycles. The van der Waals surface area contributed by atoms with Crippen molar-refractivity contribution in [1.82, 2.24) is 24.4 Å². The average Bonchev–Trinajstić information content (AvgIpc) is 3.28. The highest BCUT2D eigenvalue weighted by molar-refractivity contribution is 5.89. The molecule has 2 fully saturated rings. The van der Waals surface area contributed by atoms with Gasteiger partial charge in [-0.05, 0) is 18.6 Å². The van der Waals surface area contributed by atoms with Gasteiger partial charge in [0.1, 0.15) is 17.0 Å². The Hall–Kier alpha value is -3.61. The Morgan fingerprint density at radius 1 is 1.32 bits per heavy atom. The molecule has 2 aliphatic rings. The van der Waals surface area contributed by atoms with Crippen LogP contribution in [0.1, 0.15) is 12.0 Å². The van der Waals surface area contributed by atoms with Crippen LogP contribution >= 0.6 is 0 Å². The second-order valence-corrected chi connectivity index (χ2v) is 8.33. The van der Waals surface area contributed by atoms with Crippen LogP contribution in [0.15, 0.2) is 35.5 Å². The van der Waals surface area contributed by atoms with Crippen LogP contribution in [-0.4, -0.2) is 68.8 Å². The zero-order valence-electron chi connectivity index (χ0n) is 18.2. The Kier molecular flexibility index (Phi) is 5.42. The van der Waals surface area contributed by atoms with E-state index in [0.29, 0.717) is 43.2 Å². The number of rotatable bonds is 2. The molecule has 0 radical (unpaired) electrons. The lowest BCUT2D eigenvalue weighted by Gasteiger charge is -2.46. The summed E-state index contributed by atoms with van der Waals surface area (Å²) in [5.74, 6) is 0.697. The first-order valence-corrected chi connectivity index (χ1v) is 10.7. The third kappa shape index (κ3) is 4.06. The largest absolute Gasteiger partial charge is 0.417 e. The molecular formula is C21H22F3N7O3. The highest BCUT2D eigenvalue weighted by Gasteiger charge is 2.40. The second kappa shape index (κ2) is 8.31. The summed E-state index contributed by atoms with van der Waals surface area (Å²) in [6.07, 6.45) is -0.262. The number of aryl methyl sites for hydroxylation is 1. The Morgan fingerprint density at radius 2 is 2.15 bits per heavy atom. The van der Waals surface area contributed by atoms with Crippen LogP contribution in [0.2, 0.25) is 0 Å². The van der Waals surface area contributed by atoms with Gasteiger partial charge < -0.3 is 29.4 Å². The first kappa shape index (κ1) is 22.2. The van der Waals surface area contributed by atoms with E-state index in [-0.39, 0.29) is 25.3 Å². The number of aromatic amines is 1. The molecule has 2 aliphatic heterocycles. The molecule has 13 heteroatoms. The predicted molar refractivity (Wildman–Crippen MR) is 117 cm³/mol. The van der Waals surface area contributed by atoms with E-state index >= 15 is 0 Å². The summed E-state index contributed by atoms with van der Waals surface area (Å²) in [6, 6.07) is 1.58. The number of alkyl halides is 3. The van der Waals surface area contributed by atoms with Crippen molar-refractivity contribution in [3.05, 3.63) is 46.6 Å². The van der Waals surface area contributed by atoms with Crippen molar-refractivity contribution in [3.63, 3.8) is 0 Å². The molecule has 2 unspecified atom stereocenters. The van der Waals surface area contributed by atoms with Gasteiger partial charge in [0.15, 0.2) is 5.65 Å². The highest BCUT2D eigenvalue weighted by atomic mass is 19.4. The third-order valence-electron chi connectivity index (χ3n) is 6.17. The lowest BCUT2D eigenvalue weighted by molar-refractivity contribution is -0.138. The van der Waals surface area contributed by atoms with Crippen molar-refractivity contribution < 1.29 is 22.7 Å². The standard InChI is InChI=1S/C21H22F3N7O3/c1-29-10-12(21(22,23)24)8-14(19(29)32)28-20(33)31-6-7-34-16-11-30(5-3-15(16)31)17-9-26-18-13(27-17)2-4-25-18/h2,4,8-10,15-16H,3,5-7,11H2,1H3,(H,25,26)(H,28,33). The minimum absolute atomic E-state index is 0.265. The van der Waals surface area contributed by atoms with Crippen molar-refractivity contribution in [1.29, 1.82) is 0 Å². The van der Waals surface area contributed by atoms with Gasteiger partial charge in [-0.15, -0.1) is 0 Å². The van der Waals surface area contributed by atoms with Crippen LogP contribution < -0.4 is 15.8 Å². The van der Waals surface area contributed by atoms with Gasteiger partial charge in [0.05, 0.1) is 30.5 Å². The van der Waals surface area contributed by atoms with Gasteiger partial charge in [-0.2, -0.15) is 13.2 Å². The normalized spacial score (nSPS) is 20.9. The van der Waals surface area contributed by atoms with Crippen molar-refractivity contribution in [2.24, 2.45) is 7.05 Å². The summed E-state index contributed by atoms with van der Waals surface area (Å²) < 4.78 is 46.2. The van der Waals surface area contributed by atoms with Crippen LogP contribution in [0.3, 0.4) is 0 Å². The van der Waals surface area contributed by atoms with Gasteiger partial charge in [0, 0.05) is 39.1 Å². The molecule has 2 amide bonds. The van der Waals surface area contributed by atoms with Crippen molar-refractivity contribution in [2.45, 2.75) is 24.7 Å². The van der Waals surface area contributed by atoms with E-state index in [1.165, 1.54) is 11.9 Å². The molecule has 2 N–H and O–H groups in total. The number of carbonyl (C=O) groups excluding carboxylic acids is 1. The van der Waals surface area contributed by atoms with E-state index in [9.17, 15) is 22.8 Å². The fourth-order valence-electron chi connectivity index (χ4n) is 4.47. The number of amides is 2. The fraction of sp³-hybridized carbons (Fsp3) is 0.429. The first-order valence-electron chi connectivity index (χ1n) is 10.7. The summed E-state index contributed by atoms with van der Waals surface area (Å²) in [5.41, 5.74) is -0.722. The molecule has 0 aliphatic carbocycles. The molecule has 5 rings (SSSR count). The monoisotopic (exact) mass is 477 g/mol. The lowest BCUT2D eigenvalue weighted by Crippen LogP contribution is -2.61. The number of aromatic nitrogens is 4. The number of hydrogen-bond donors (Lipinski definition) is 2. The maximum absolute atomic E-state index is 13.2. The number of fused-ring (bicyclic) bond motifs is 2. The molecule has 2 atom stereocenters. The van der Waals surface area contributed by atoms with Crippen LogP contribution in [0, 0.1) is 0 Å². The highest BCUT2D eigenvalue weighted by Crippen LogP contribution is 2.30. The third-order valence-corrected chi connectivity index (χ3v) is 6.17. The summed E-state index contributed by atoms with van der Waals surface area (Å²) >= 11 is 0. The van der Waals surface area contributed by atoms with Crippen LogP contribution in [0.25, 0.3) is 11.2 Å². The molecule has 0 bridgehead atoms. The van der Waals surface area contributed by atoms with E-state index in [4.69, 9.17) is 4.74 Å². The number of urea groups is 1. The number of ether oxygens (including phenoxy) is 1. The number of anilines is 2. The molecule has 0 saturated carbocycles. The SMILES string of the molecule is Cn1cc(C(F)(F)F)cc(NC(=O)N2CCOC3CN(c4cnc5[nH]ccc5n4)CCC32)c1=O. The lowest BCUT2D eigenvalue weighted by atomic mass is 9.98. The topological polar surface area (TPSA) is 108 Å². The zero-order valence-corrected chi connectivity index (χ0v) is 18.2. The van der Waals surface area contributed by atoms with Crippen molar-refractivity contribution >= 4 is 28.7 Å². The second-order valence-electron chi connectivity index (χ2n) is 8.33. The average molecular weight is 477 g/mol. The molecule has 5 heterocycles. The first-order chi connectivity index (χ1) is 16.2. The summed E-state index contributed by atoms with van der Waals surface area (Å²) in [6.45, 7) is 1.60. The Bertz CT molecular complexity index is 1290. The van der Waals surface area contributed by atoms with Gasteiger partial charge in [-0.1, -0.05) is 0 Å². The number of halogens is 3. The molecule has 0 aromatic carbocycles. The minimum atomic E-state index is -4.64. The number of H-pyrrole nitrogens is 1. The van der Waals surface area contributed by atoms with E-state index in [1.54, 1.807) is 12.4 Å². The van der Waals surface area contributed by atoms with Crippen molar-refractivity contribution in [3.8, 4) is 0 Å². The van der Waals surface area contributed by atoms with Gasteiger partial charge in [0.2, 0.25) is 0 Å². The van der Waals surface area contributed by atoms with E-state index in [2.05, 4.69) is 20.3 Å². The van der Waals surface area contributed by atoms with Crippen LogP contribution in [-0.2, 0) is 18.0 Å². The smallest absolute Gasteiger partial charge is 0.372 e. The van der Waals surface area contributed by atoms with E-state index in [0.717, 1.165) is 10.1 Å². The molecule has 3 aromatic heterocycles. The summed E-state index contributed by atoms with van der Waals surface area (Å²) in [7, 11) is 1.21. The molecule has 34 heavy (non-hydrogen) atoms. The molecule has 0 spiro atoms. The summed E-state index contributed by atoms with van der Waals surface area (Å²) in [5, 5.41) is 2.39. The number of hydrogen-bond acceptors (Lipinski definition) is 6. The number of pyridine rings is 1. The van der Waals surface area contributed by atoms with Crippen LogP contribution in [0.4, 0.5) is 29.5 Å². The van der Waals surface area contributed by atoms with E-state index < -0.39 is 29.0 Å². The zero-order chi connectivity index (χ0) is 24.0. The Labute approximate surface area is 191 Å². The maximum atomic E-state index is 13.2. The maximum Gasteiger partial charge on any atom is 0.417 e. The minimum Gasteiger partial charge on any atom is -0.372 e. The quantitative estimate of drug-likeness (QED) is 0.586. The molecular weight excluding hydrogens is 455 g/mol. The van der Waals surface area contributed by atoms with Gasteiger partial charge in [-0.3, -0.25) is 4.79 Å². The number of piperidine rings is 1. The molecule has 3 aromatic rings. The Morgan fingerprint density at radius 3 is 2.94 bits per heavy atom. The van der Waals surface area contributed by atoms with Gasteiger partial charge >= 0.3 is 12.2 Å². The van der Waals surface area contributed by atoms with Gasteiger partial charge in [-0.25, -0.2) is 14.8 Å². The molecule has 180 valence electrons. The van der Waals surface area contributed by atoms with Gasteiger partial charge in [0.25, 0.3) is 5.56 Å². The number of nitrogens with zero attached hydrogens (tertiary/aromatic N) is 5. The van der Waals surface area contributed by atoms with Crippen molar-refractivity contribution in [2.75, 3.05) is 36.5 Å². The summed E-state index contributed by atoms with van der Waals surface area (Å²) in [4.78, 5) is 40.9. The van der Waals surface area contributed by atoms with Crippen LogP contribution in [0.5, 0.6) is 0 Å². The predicted octanol–water partition coefficient (Wildman–Crippen LogP) is 2.19. The number of nitrogens with one attached hydrogen (secondary N) is 2. The Balaban J connectivity index is 1.32. The number of carbonyl (C=O) groups is 1. The number of morpholine rings is 1.